The summed E-state index contributed by atoms with van der Waals surface area (Å²) in [5, 5.41) is 0. The van der Waals surface area contributed by atoms with Crippen LogP contribution in [0.3, 0.4) is 0 Å². The molecule has 1 aliphatic heterocycles. The van der Waals surface area contributed by atoms with E-state index in [1.54, 1.807) is 0 Å². The molecule has 1 atom stereocenters. The van der Waals surface area contributed by atoms with Gasteiger partial charge in [-0.05, 0) is 19.3 Å². The molecule has 0 aromatic heterocycles. The lowest BCUT2D eigenvalue weighted by Crippen LogP contribution is -2.35. The monoisotopic (exact) mass is 248 g/mol. The largest absolute Gasteiger partial charge is 0.368 e. The fraction of sp³-hybridized carbons (Fsp3) is 0.909. The SMILES string of the molecule is Cl.N[C@@H]1CCN(C(=O)COC2CCCC2)C1. The van der Waals surface area contributed by atoms with Gasteiger partial charge in [0.05, 0.1) is 6.10 Å². The standard InChI is InChI=1S/C11H20N2O2.ClH/c12-9-5-6-13(7-9)11(14)8-15-10-3-1-2-4-10;/h9-10H,1-8,12H2;1H/t9-;/m1./s1. The number of carbonyl (C=O) groups excluding carboxylic acids is 1. The molecule has 1 amide bonds. The fourth-order valence-electron chi connectivity index (χ4n) is 2.35. The Morgan fingerprint density at radius 2 is 2.00 bits per heavy atom. The first-order valence-corrected chi connectivity index (χ1v) is 5.90. The minimum Gasteiger partial charge on any atom is -0.368 e. The van der Waals surface area contributed by atoms with Crippen molar-refractivity contribution in [2.24, 2.45) is 5.73 Å². The number of hydrogen-bond acceptors (Lipinski definition) is 3. The summed E-state index contributed by atoms with van der Waals surface area (Å²) in [7, 11) is 0. The van der Waals surface area contributed by atoms with Crippen molar-refractivity contribution < 1.29 is 9.53 Å². The Labute approximate surface area is 103 Å². The summed E-state index contributed by atoms with van der Waals surface area (Å²) in [5.41, 5.74) is 5.75. The van der Waals surface area contributed by atoms with Crippen molar-refractivity contribution in [2.75, 3.05) is 19.7 Å². The number of halogens is 1. The summed E-state index contributed by atoms with van der Waals surface area (Å²) in [6.07, 6.45) is 5.97. The van der Waals surface area contributed by atoms with E-state index in [0.29, 0.717) is 12.6 Å². The van der Waals surface area contributed by atoms with Crippen LogP contribution in [0.15, 0.2) is 0 Å². The van der Waals surface area contributed by atoms with Crippen molar-refractivity contribution >= 4 is 18.3 Å². The average Bonchev–Trinajstić information content (AvgIpc) is 2.84. The van der Waals surface area contributed by atoms with Crippen molar-refractivity contribution in [3.05, 3.63) is 0 Å². The number of nitrogens with zero attached hydrogens (tertiary/aromatic N) is 1. The highest BCUT2D eigenvalue weighted by atomic mass is 35.5. The van der Waals surface area contributed by atoms with Gasteiger partial charge in [0.1, 0.15) is 6.61 Å². The lowest BCUT2D eigenvalue weighted by Gasteiger charge is -2.17. The van der Waals surface area contributed by atoms with Crippen LogP contribution < -0.4 is 5.73 Å². The van der Waals surface area contributed by atoms with Crippen molar-refractivity contribution in [3.8, 4) is 0 Å². The Kier molecular flexibility index (Phi) is 5.52. The predicted molar refractivity (Wildman–Crippen MR) is 64.6 cm³/mol. The zero-order valence-electron chi connectivity index (χ0n) is 9.56. The highest BCUT2D eigenvalue weighted by Gasteiger charge is 2.24. The summed E-state index contributed by atoms with van der Waals surface area (Å²) < 4.78 is 5.58. The van der Waals surface area contributed by atoms with Gasteiger partial charge in [0.15, 0.2) is 0 Å². The van der Waals surface area contributed by atoms with E-state index in [9.17, 15) is 4.79 Å². The fourth-order valence-corrected chi connectivity index (χ4v) is 2.35. The zero-order chi connectivity index (χ0) is 10.7. The van der Waals surface area contributed by atoms with Crippen LogP contribution >= 0.6 is 12.4 Å². The number of rotatable bonds is 3. The van der Waals surface area contributed by atoms with Crippen molar-refractivity contribution in [2.45, 2.75) is 44.2 Å². The van der Waals surface area contributed by atoms with Gasteiger partial charge in [-0.2, -0.15) is 0 Å². The molecule has 0 unspecified atom stereocenters. The maximum absolute atomic E-state index is 11.7. The van der Waals surface area contributed by atoms with E-state index in [2.05, 4.69) is 0 Å². The molecule has 0 bridgehead atoms. The van der Waals surface area contributed by atoms with Crippen LogP contribution in [0, 0.1) is 0 Å². The molecular formula is C11H21ClN2O2. The molecule has 1 saturated carbocycles. The quantitative estimate of drug-likeness (QED) is 0.808. The molecule has 1 aliphatic carbocycles. The highest BCUT2D eigenvalue weighted by molar-refractivity contribution is 5.85. The average molecular weight is 249 g/mol. The number of amides is 1. The lowest BCUT2D eigenvalue weighted by atomic mass is 10.3. The van der Waals surface area contributed by atoms with Gasteiger partial charge in [0.2, 0.25) is 5.91 Å². The first-order valence-electron chi connectivity index (χ1n) is 5.90. The van der Waals surface area contributed by atoms with Gasteiger partial charge in [0, 0.05) is 19.1 Å². The van der Waals surface area contributed by atoms with Crippen LogP contribution in [0.4, 0.5) is 0 Å². The second-order valence-corrected chi connectivity index (χ2v) is 4.61. The summed E-state index contributed by atoms with van der Waals surface area (Å²) in [5.74, 6) is 0.106. The Morgan fingerprint density at radius 1 is 1.31 bits per heavy atom. The molecule has 2 N–H and O–H groups in total. The van der Waals surface area contributed by atoms with Crippen LogP contribution in [0.2, 0.25) is 0 Å². The lowest BCUT2D eigenvalue weighted by molar-refractivity contribution is -0.137. The number of ether oxygens (including phenoxy) is 1. The maximum atomic E-state index is 11.7. The van der Waals surface area contributed by atoms with Crippen LogP contribution in [0.25, 0.3) is 0 Å². The molecule has 1 saturated heterocycles. The Bertz CT molecular complexity index is 232. The predicted octanol–water partition coefficient (Wildman–Crippen LogP) is 0.927. The van der Waals surface area contributed by atoms with E-state index in [4.69, 9.17) is 10.5 Å². The van der Waals surface area contributed by atoms with E-state index >= 15 is 0 Å². The van der Waals surface area contributed by atoms with Gasteiger partial charge in [-0.1, -0.05) is 12.8 Å². The second-order valence-electron chi connectivity index (χ2n) is 4.61. The molecular weight excluding hydrogens is 228 g/mol. The summed E-state index contributed by atoms with van der Waals surface area (Å²) in [4.78, 5) is 13.5. The molecule has 2 rings (SSSR count). The van der Waals surface area contributed by atoms with Crippen LogP contribution in [0.5, 0.6) is 0 Å². The molecule has 0 aromatic carbocycles. The van der Waals surface area contributed by atoms with Gasteiger partial charge < -0.3 is 15.4 Å². The third-order valence-corrected chi connectivity index (χ3v) is 3.32. The van der Waals surface area contributed by atoms with Gasteiger partial charge in [-0.25, -0.2) is 0 Å². The molecule has 94 valence electrons. The Hall–Kier alpha value is -0.320. The zero-order valence-corrected chi connectivity index (χ0v) is 10.4. The third-order valence-electron chi connectivity index (χ3n) is 3.32. The molecule has 16 heavy (non-hydrogen) atoms. The van der Waals surface area contributed by atoms with Gasteiger partial charge >= 0.3 is 0 Å². The van der Waals surface area contributed by atoms with Crippen molar-refractivity contribution in [3.63, 3.8) is 0 Å². The number of likely N-dealkylation sites (tertiary alicyclic amines) is 1. The smallest absolute Gasteiger partial charge is 0.248 e. The van der Waals surface area contributed by atoms with Crippen LogP contribution in [-0.2, 0) is 9.53 Å². The second kappa shape index (κ2) is 6.42. The van der Waals surface area contributed by atoms with Gasteiger partial charge in [-0.3, -0.25) is 4.79 Å². The molecule has 5 heteroatoms. The number of nitrogens with two attached hydrogens (primary N) is 1. The van der Waals surface area contributed by atoms with E-state index in [0.717, 1.165) is 25.8 Å². The maximum Gasteiger partial charge on any atom is 0.248 e. The van der Waals surface area contributed by atoms with Gasteiger partial charge in [0.25, 0.3) is 0 Å². The molecule has 1 heterocycles. The summed E-state index contributed by atoms with van der Waals surface area (Å²) in [6, 6.07) is 0.167. The third kappa shape index (κ3) is 3.61. The normalized spacial score (nSPS) is 25.8. The van der Waals surface area contributed by atoms with Gasteiger partial charge in [-0.15, -0.1) is 12.4 Å². The first-order chi connectivity index (χ1) is 7.25. The number of hydrogen-bond donors (Lipinski definition) is 1. The Balaban J connectivity index is 0.00000128. The van der Waals surface area contributed by atoms with Crippen molar-refractivity contribution in [1.82, 2.24) is 4.90 Å². The summed E-state index contributed by atoms with van der Waals surface area (Å²) >= 11 is 0. The first kappa shape index (κ1) is 13.7. The van der Waals surface area contributed by atoms with E-state index < -0.39 is 0 Å². The van der Waals surface area contributed by atoms with E-state index in [-0.39, 0.29) is 31.0 Å². The van der Waals surface area contributed by atoms with Crippen LogP contribution in [-0.4, -0.2) is 42.6 Å². The van der Waals surface area contributed by atoms with Crippen LogP contribution in [0.1, 0.15) is 32.1 Å². The minimum absolute atomic E-state index is 0. The molecule has 2 fully saturated rings. The molecule has 4 nitrogen and oxygen atoms in total. The molecule has 0 radical (unpaired) electrons. The molecule has 2 aliphatic rings. The topological polar surface area (TPSA) is 55.6 Å². The Morgan fingerprint density at radius 3 is 2.56 bits per heavy atom. The van der Waals surface area contributed by atoms with E-state index in [1.165, 1.54) is 12.8 Å². The highest BCUT2D eigenvalue weighted by Crippen LogP contribution is 2.21. The minimum atomic E-state index is 0. The summed E-state index contributed by atoms with van der Waals surface area (Å²) in [6.45, 7) is 1.75. The molecule has 0 spiro atoms. The molecule has 0 aromatic rings. The van der Waals surface area contributed by atoms with E-state index in [1.807, 2.05) is 4.90 Å². The van der Waals surface area contributed by atoms with Crippen molar-refractivity contribution in [1.29, 1.82) is 0 Å². The number of carbonyl (C=O) groups is 1.